The molecular formula is C11H16N3O2+. The zero-order valence-electron chi connectivity index (χ0n) is 9.36. The van der Waals surface area contributed by atoms with Gasteiger partial charge in [0.05, 0.1) is 7.05 Å². The number of rotatable bonds is 3. The largest absolute Gasteiger partial charge is 0.341 e. The first-order valence-corrected chi connectivity index (χ1v) is 5.06. The summed E-state index contributed by atoms with van der Waals surface area (Å²) in [5.41, 5.74) is 0.867. The second-order valence-corrected chi connectivity index (χ2v) is 3.29. The summed E-state index contributed by atoms with van der Waals surface area (Å²) < 4.78 is 0. The molecule has 0 unspecified atom stereocenters. The Morgan fingerprint density at radius 2 is 1.88 bits per heavy atom. The molecule has 1 aromatic rings. The summed E-state index contributed by atoms with van der Waals surface area (Å²) >= 11 is 0. The third-order valence-electron chi connectivity index (χ3n) is 2.24. The normalized spacial score (nSPS) is 11.6. The molecule has 1 atom stereocenters. The van der Waals surface area contributed by atoms with Gasteiger partial charge in [-0.05, 0) is 0 Å². The van der Waals surface area contributed by atoms with E-state index in [1.807, 2.05) is 30.3 Å². The minimum atomic E-state index is -0.493. The molecule has 1 rings (SSSR count). The molecule has 5 nitrogen and oxygen atoms in total. The van der Waals surface area contributed by atoms with Crippen LogP contribution in [0.4, 0.5) is 4.79 Å². The van der Waals surface area contributed by atoms with E-state index in [9.17, 15) is 9.59 Å². The van der Waals surface area contributed by atoms with Gasteiger partial charge in [-0.2, -0.15) is 0 Å². The lowest BCUT2D eigenvalue weighted by atomic mass is 10.1. The lowest BCUT2D eigenvalue weighted by molar-refractivity contribution is -0.656. The maximum Gasteiger partial charge on any atom is 0.321 e. The van der Waals surface area contributed by atoms with Gasteiger partial charge >= 0.3 is 6.03 Å². The van der Waals surface area contributed by atoms with E-state index in [4.69, 9.17) is 0 Å². The number of carbonyl (C=O) groups excluding carboxylic acids is 2. The van der Waals surface area contributed by atoms with Crippen LogP contribution in [0.2, 0.25) is 0 Å². The lowest BCUT2D eigenvalue weighted by Gasteiger charge is -2.12. The Kier molecular flexibility index (Phi) is 4.47. The van der Waals surface area contributed by atoms with Gasteiger partial charge in [0.1, 0.15) is 0 Å². The van der Waals surface area contributed by atoms with Gasteiger partial charge in [-0.3, -0.25) is 10.1 Å². The van der Waals surface area contributed by atoms with E-state index in [-0.39, 0.29) is 5.91 Å². The van der Waals surface area contributed by atoms with Crippen molar-refractivity contribution in [2.24, 2.45) is 0 Å². The maximum absolute atomic E-state index is 11.7. The molecule has 86 valence electrons. The van der Waals surface area contributed by atoms with Crippen molar-refractivity contribution in [3.63, 3.8) is 0 Å². The van der Waals surface area contributed by atoms with E-state index >= 15 is 0 Å². The van der Waals surface area contributed by atoms with Gasteiger partial charge in [-0.15, -0.1) is 0 Å². The van der Waals surface area contributed by atoms with E-state index in [1.165, 1.54) is 7.05 Å². The molecule has 16 heavy (non-hydrogen) atoms. The standard InChI is InChI=1S/C11H15N3O2/c1-12-9(8-6-4-3-5-7-8)10(15)14-11(16)13-2/h3-7,9,12H,1-2H3,(H2,13,14,15,16)/p+1/t9-/m1/s1. The van der Waals surface area contributed by atoms with Crippen molar-refractivity contribution in [2.75, 3.05) is 14.1 Å². The molecule has 0 spiro atoms. The number of nitrogens with two attached hydrogens (primary N) is 1. The third kappa shape index (κ3) is 3.06. The minimum Gasteiger partial charge on any atom is -0.341 e. The Bertz CT molecular complexity index is 365. The molecule has 0 heterocycles. The number of hydrogen-bond donors (Lipinski definition) is 3. The fourth-order valence-electron chi connectivity index (χ4n) is 1.41. The van der Waals surface area contributed by atoms with Crippen LogP contribution in [0.5, 0.6) is 0 Å². The second-order valence-electron chi connectivity index (χ2n) is 3.29. The third-order valence-corrected chi connectivity index (χ3v) is 2.24. The monoisotopic (exact) mass is 222 g/mol. The molecule has 0 fully saturated rings. The molecule has 1 aromatic carbocycles. The molecule has 0 saturated carbocycles. The average Bonchev–Trinajstić information content (AvgIpc) is 2.31. The Hall–Kier alpha value is -1.88. The Balaban J connectivity index is 2.75. The van der Waals surface area contributed by atoms with Gasteiger partial charge in [0, 0.05) is 12.6 Å². The van der Waals surface area contributed by atoms with Crippen LogP contribution in [0.15, 0.2) is 30.3 Å². The molecule has 0 aromatic heterocycles. The summed E-state index contributed by atoms with van der Waals surface area (Å²) in [5.74, 6) is -0.326. The summed E-state index contributed by atoms with van der Waals surface area (Å²) in [6.45, 7) is 0. The van der Waals surface area contributed by atoms with Crippen molar-refractivity contribution in [3.05, 3.63) is 35.9 Å². The summed E-state index contributed by atoms with van der Waals surface area (Å²) in [7, 11) is 3.26. The van der Waals surface area contributed by atoms with Crippen LogP contribution in [-0.4, -0.2) is 26.0 Å². The van der Waals surface area contributed by atoms with Crippen LogP contribution >= 0.6 is 0 Å². The Labute approximate surface area is 94.2 Å². The first-order chi connectivity index (χ1) is 7.69. The summed E-state index contributed by atoms with van der Waals surface area (Å²) in [6, 6.07) is 8.42. The van der Waals surface area contributed by atoms with Crippen molar-refractivity contribution in [1.29, 1.82) is 0 Å². The van der Waals surface area contributed by atoms with Crippen molar-refractivity contribution in [2.45, 2.75) is 6.04 Å². The van der Waals surface area contributed by atoms with Crippen LogP contribution in [-0.2, 0) is 4.79 Å². The van der Waals surface area contributed by atoms with E-state index < -0.39 is 12.1 Å². The number of amides is 3. The molecule has 3 amide bonds. The predicted molar refractivity (Wildman–Crippen MR) is 59.6 cm³/mol. The molecule has 0 aliphatic heterocycles. The molecule has 4 N–H and O–H groups in total. The first kappa shape index (κ1) is 12.2. The molecule has 0 saturated heterocycles. The van der Waals surface area contributed by atoms with Crippen molar-refractivity contribution >= 4 is 11.9 Å². The smallest absolute Gasteiger partial charge is 0.321 e. The number of nitrogens with one attached hydrogen (secondary N) is 2. The lowest BCUT2D eigenvalue weighted by Crippen LogP contribution is -2.84. The SMILES string of the molecule is CNC(=O)NC(=O)[C@H]([NH2+]C)c1ccccc1. The highest BCUT2D eigenvalue weighted by molar-refractivity contribution is 5.96. The quantitative estimate of drug-likeness (QED) is 0.637. The van der Waals surface area contributed by atoms with Crippen molar-refractivity contribution in [1.82, 2.24) is 10.6 Å². The second kappa shape index (κ2) is 5.87. The molecule has 0 aliphatic rings. The number of quaternary nitrogens is 1. The van der Waals surface area contributed by atoms with Crippen molar-refractivity contribution in [3.8, 4) is 0 Å². The maximum atomic E-state index is 11.7. The first-order valence-electron chi connectivity index (χ1n) is 5.06. The average molecular weight is 222 g/mol. The molecule has 0 bridgehead atoms. The summed E-state index contributed by atoms with van der Waals surface area (Å²) in [6.07, 6.45) is 0. The minimum absolute atomic E-state index is 0.326. The molecule has 0 radical (unpaired) electrons. The molecule has 5 heteroatoms. The van der Waals surface area contributed by atoms with Crippen LogP contribution in [0.1, 0.15) is 11.6 Å². The van der Waals surface area contributed by atoms with E-state index in [0.717, 1.165) is 5.56 Å². The number of benzene rings is 1. The fraction of sp³-hybridized carbons (Fsp3) is 0.273. The highest BCUT2D eigenvalue weighted by Gasteiger charge is 2.23. The number of carbonyl (C=O) groups is 2. The van der Waals surface area contributed by atoms with Crippen LogP contribution in [0.25, 0.3) is 0 Å². The zero-order chi connectivity index (χ0) is 12.0. The number of imide groups is 1. The highest BCUT2D eigenvalue weighted by Crippen LogP contribution is 2.07. The van der Waals surface area contributed by atoms with E-state index in [2.05, 4.69) is 10.6 Å². The topological polar surface area (TPSA) is 74.8 Å². The van der Waals surface area contributed by atoms with Crippen LogP contribution < -0.4 is 16.0 Å². The van der Waals surface area contributed by atoms with Crippen LogP contribution in [0.3, 0.4) is 0 Å². The van der Waals surface area contributed by atoms with E-state index in [0.29, 0.717) is 0 Å². The predicted octanol–water partition coefficient (Wildman–Crippen LogP) is -0.623. The van der Waals surface area contributed by atoms with Gasteiger partial charge in [0.25, 0.3) is 5.91 Å². The number of urea groups is 1. The molecular weight excluding hydrogens is 206 g/mol. The zero-order valence-corrected chi connectivity index (χ0v) is 9.36. The summed E-state index contributed by atoms with van der Waals surface area (Å²) in [5, 5.41) is 6.36. The fourth-order valence-corrected chi connectivity index (χ4v) is 1.41. The van der Waals surface area contributed by atoms with E-state index in [1.54, 1.807) is 12.4 Å². The van der Waals surface area contributed by atoms with Crippen LogP contribution in [0, 0.1) is 0 Å². The van der Waals surface area contributed by atoms with Gasteiger partial charge in [-0.1, -0.05) is 30.3 Å². The van der Waals surface area contributed by atoms with Gasteiger partial charge in [0.2, 0.25) is 0 Å². The van der Waals surface area contributed by atoms with Gasteiger partial charge in [0.15, 0.2) is 6.04 Å². The molecule has 0 aliphatic carbocycles. The summed E-state index contributed by atoms with van der Waals surface area (Å²) in [4.78, 5) is 22.8. The van der Waals surface area contributed by atoms with Gasteiger partial charge < -0.3 is 10.6 Å². The number of hydrogen-bond acceptors (Lipinski definition) is 2. The van der Waals surface area contributed by atoms with Gasteiger partial charge in [-0.25, -0.2) is 4.79 Å². The number of likely N-dealkylation sites (N-methyl/N-ethyl adjacent to an activating group) is 1. The Morgan fingerprint density at radius 3 is 2.38 bits per heavy atom. The highest BCUT2D eigenvalue weighted by atomic mass is 16.2. The Morgan fingerprint density at radius 1 is 1.25 bits per heavy atom. The van der Waals surface area contributed by atoms with Crippen molar-refractivity contribution < 1.29 is 14.9 Å².